The third-order valence-electron chi connectivity index (χ3n) is 1.75. The molecule has 0 fully saturated rings. The van der Waals surface area contributed by atoms with E-state index < -0.39 is 41.8 Å². The Bertz CT molecular complexity index is 488. The second kappa shape index (κ2) is 4.50. The quantitative estimate of drug-likeness (QED) is 0.846. The first kappa shape index (κ1) is 14.3. The van der Waals surface area contributed by atoms with Crippen molar-refractivity contribution in [2.24, 2.45) is 0 Å². The predicted octanol–water partition coefficient (Wildman–Crippen LogP) is 2.76. The highest BCUT2D eigenvalue weighted by Crippen LogP contribution is 2.30. The van der Waals surface area contributed by atoms with E-state index in [0.29, 0.717) is 0 Å². The zero-order chi connectivity index (χ0) is 14.1. The van der Waals surface area contributed by atoms with Crippen molar-refractivity contribution >= 4 is 0 Å². The monoisotopic (exact) mass is 279 g/mol. The molecule has 0 aromatic carbocycles. The Balaban J connectivity index is 3.33. The lowest BCUT2D eigenvalue weighted by Crippen LogP contribution is -2.26. The van der Waals surface area contributed by atoms with E-state index in [1.54, 1.807) is 0 Å². The highest BCUT2D eigenvalue weighted by Gasteiger charge is 2.37. The highest BCUT2D eigenvalue weighted by molar-refractivity contribution is 5.31. The molecule has 3 nitrogen and oxygen atoms in total. The molecule has 0 radical (unpaired) electrons. The number of H-pyrrole nitrogens is 1. The van der Waals surface area contributed by atoms with Crippen LogP contribution in [-0.4, -0.2) is 11.3 Å². The van der Waals surface area contributed by atoms with Gasteiger partial charge in [0.2, 0.25) is 5.88 Å². The Hall–Kier alpha value is -1.74. The van der Waals surface area contributed by atoms with Gasteiger partial charge in [0.25, 0.3) is 5.56 Å². The van der Waals surface area contributed by atoms with Crippen LogP contribution < -0.4 is 10.3 Å². The number of rotatable bonds is 2. The van der Waals surface area contributed by atoms with Gasteiger partial charge in [0.1, 0.15) is 12.2 Å². The molecule has 0 saturated carbocycles. The molecule has 0 unspecified atom stereocenters. The number of aromatic nitrogens is 1. The number of ether oxygens (including phenoxy) is 1. The van der Waals surface area contributed by atoms with Crippen molar-refractivity contribution < 1.29 is 35.5 Å². The van der Waals surface area contributed by atoms with Gasteiger partial charge in [-0.05, 0) is 6.07 Å². The van der Waals surface area contributed by atoms with E-state index in [4.69, 9.17) is 0 Å². The topological polar surface area (TPSA) is 42.1 Å². The van der Waals surface area contributed by atoms with E-state index in [0.717, 1.165) is 0 Å². The van der Waals surface area contributed by atoms with Gasteiger partial charge in [0.05, 0.1) is 0 Å². The number of hydrogen-bond donors (Lipinski definition) is 1. The van der Waals surface area contributed by atoms with Crippen LogP contribution in [0.1, 0.15) is 11.1 Å². The Morgan fingerprint density at radius 1 is 1.17 bits per heavy atom. The lowest BCUT2D eigenvalue weighted by Gasteiger charge is -2.13. The number of alkyl halides is 7. The van der Waals surface area contributed by atoms with Crippen LogP contribution in [0.5, 0.6) is 5.88 Å². The first-order chi connectivity index (χ1) is 8.04. The summed E-state index contributed by atoms with van der Waals surface area (Å²) < 4.78 is 87.7. The van der Waals surface area contributed by atoms with Gasteiger partial charge in [-0.2, -0.15) is 13.2 Å². The SMILES string of the molecule is O=c1[nH]c(OC(F)(F)F)c(CF)cc1C(F)(F)F. The lowest BCUT2D eigenvalue weighted by atomic mass is 10.2. The molecule has 0 aliphatic rings. The van der Waals surface area contributed by atoms with Crippen LogP contribution in [0.2, 0.25) is 0 Å². The Kier molecular flexibility index (Phi) is 3.58. The molecule has 0 spiro atoms. The van der Waals surface area contributed by atoms with Gasteiger partial charge in [-0.15, -0.1) is 13.2 Å². The molecule has 0 aliphatic heterocycles. The Morgan fingerprint density at radius 2 is 1.72 bits per heavy atom. The normalized spacial score (nSPS) is 12.6. The molecule has 0 bridgehead atoms. The van der Waals surface area contributed by atoms with E-state index in [1.165, 1.54) is 4.98 Å². The van der Waals surface area contributed by atoms with Gasteiger partial charge >= 0.3 is 12.5 Å². The maximum Gasteiger partial charge on any atom is 0.574 e. The fraction of sp³-hybridized carbons (Fsp3) is 0.375. The van der Waals surface area contributed by atoms with Crippen molar-refractivity contribution in [3.8, 4) is 5.88 Å². The molecule has 18 heavy (non-hydrogen) atoms. The summed E-state index contributed by atoms with van der Waals surface area (Å²) in [5, 5.41) is 0. The summed E-state index contributed by atoms with van der Waals surface area (Å²) in [5.41, 5.74) is -4.71. The van der Waals surface area contributed by atoms with Gasteiger partial charge in [-0.25, -0.2) is 4.39 Å². The molecule has 1 rings (SSSR count). The van der Waals surface area contributed by atoms with Gasteiger partial charge in [0, 0.05) is 5.56 Å². The molecule has 1 aromatic heterocycles. The van der Waals surface area contributed by atoms with Crippen LogP contribution in [0.15, 0.2) is 10.9 Å². The van der Waals surface area contributed by atoms with Gasteiger partial charge in [-0.3, -0.25) is 9.78 Å². The third-order valence-corrected chi connectivity index (χ3v) is 1.75. The van der Waals surface area contributed by atoms with Crippen LogP contribution in [0.25, 0.3) is 0 Å². The average Bonchev–Trinajstić information content (AvgIpc) is 2.13. The van der Waals surface area contributed by atoms with Gasteiger partial charge < -0.3 is 4.74 Å². The summed E-state index contributed by atoms with van der Waals surface area (Å²) >= 11 is 0. The third kappa shape index (κ3) is 3.37. The fourth-order valence-corrected chi connectivity index (χ4v) is 1.07. The van der Waals surface area contributed by atoms with Crippen molar-refractivity contribution in [3.05, 3.63) is 27.5 Å². The smallest absolute Gasteiger partial charge is 0.389 e. The standard InChI is InChI=1S/C8H4F7NO2/c9-2-3-1-4(7(10,11)12)5(17)16-6(3)18-8(13,14)15/h1H,2H2,(H,16,17). The highest BCUT2D eigenvalue weighted by atomic mass is 19.4. The summed E-state index contributed by atoms with van der Waals surface area (Å²) in [5.74, 6) is -1.40. The van der Waals surface area contributed by atoms with Gasteiger partial charge in [0.15, 0.2) is 0 Å². The van der Waals surface area contributed by atoms with Crippen LogP contribution in [0.4, 0.5) is 30.7 Å². The molecule has 0 aliphatic carbocycles. The van der Waals surface area contributed by atoms with Crippen LogP contribution in [0.3, 0.4) is 0 Å². The van der Waals surface area contributed by atoms with Crippen molar-refractivity contribution in [3.63, 3.8) is 0 Å². The van der Waals surface area contributed by atoms with Crippen molar-refractivity contribution in [1.29, 1.82) is 0 Å². The van der Waals surface area contributed by atoms with Crippen LogP contribution in [0, 0.1) is 0 Å². The molecular formula is C8H4F7NO2. The molecular weight excluding hydrogens is 275 g/mol. The van der Waals surface area contributed by atoms with E-state index in [-0.39, 0.29) is 6.07 Å². The summed E-state index contributed by atoms with van der Waals surface area (Å²) in [6, 6.07) is -0.0279. The molecule has 0 atom stereocenters. The summed E-state index contributed by atoms with van der Waals surface area (Å²) in [6.07, 6.45) is -10.4. The van der Waals surface area contributed by atoms with E-state index in [9.17, 15) is 35.5 Å². The first-order valence-electron chi connectivity index (χ1n) is 4.19. The van der Waals surface area contributed by atoms with E-state index >= 15 is 0 Å². The maximum atomic E-state index is 12.3. The van der Waals surface area contributed by atoms with E-state index in [2.05, 4.69) is 4.74 Å². The number of nitrogens with one attached hydrogen (secondary N) is 1. The number of aromatic amines is 1. The largest absolute Gasteiger partial charge is 0.574 e. The summed E-state index contributed by atoms with van der Waals surface area (Å²) in [6.45, 7) is -1.66. The Morgan fingerprint density at radius 3 is 2.11 bits per heavy atom. The lowest BCUT2D eigenvalue weighted by molar-refractivity contribution is -0.276. The zero-order valence-corrected chi connectivity index (χ0v) is 8.25. The van der Waals surface area contributed by atoms with Gasteiger partial charge in [-0.1, -0.05) is 0 Å². The fourth-order valence-electron chi connectivity index (χ4n) is 1.07. The molecule has 1 aromatic rings. The van der Waals surface area contributed by atoms with Crippen molar-refractivity contribution in [2.75, 3.05) is 0 Å². The Labute approximate surface area is 94.2 Å². The maximum absolute atomic E-state index is 12.3. The predicted molar refractivity (Wildman–Crippen MR) is 43.6 cm³/mol. The average molecular weight is 279 g/mol. The molecule has 1 N–H and O–H groups in total. The second-order valence-corrected chi connectivity index (χ2v) is 3.05. The molecule has 0 saturated heterocycles. The summed E-state index contributed by atoms with van der Waals surface area (Å²) in [7, 11) is 0. The minimum atomic E-state index is -5.26. The van der Waals surface area contributed by atoms with E-state index in [1.807, 2.05) is 0 Å². The first-order valence-corrected chi connectivity index (χ1v) is 4.19. The number of pyridine rings is 1. The molecule has 102 valence electrons. The second-order valence-electron chi connectivity index (χ2n) is 3.05. The van der Waals surface area contributed by atoms with Crippen molar-refractivity contribution in [1.82, 2.24) is 4.98 Å². The molecule has 1 heterocycles. The van der Waals surface area contributed by atoms with Crippen LogP contribution >= 0.6 is 0 Å². The molecule has 10 heteroatoms. The number of halogens is 7. The van der Waals surface area contributed by atoms with Crippen molar-refractivity contribution in [2.45, 2.75) is 19.2 Å². The number of hydrogen-bond acceptors (Lipinski definition) is 2. The summed E-state index contributed by atoms with van der Waals surface area (Å²) in [4.78, 5) is 12.1. The zero-order valence-electron chi connectivity index (χ0n) is 8.25. The molecule has 0 amide bonds. The minimum Gasteiger partial charge on any atom is -0.389 e. The minimum absolute atomic E-state index is 0.0279. The van der Waals surface area contributed by atoms with Crippen LogP contribution in [-0.2, 0) is 12.9 Å².